The van der Waals surface area contributed by atoms with Crippen LogP contribution in [0.5, 0.6) is 0 Å². The van der Waals surface area contributed by atoms with E-state index < -0.39 is 0 Å². The first kappa shape index (κ1) is 8.06. The summed E-state index contributed by atoms with van der Waals surface area (Å²) in [5.41, 5.74) is 0. The molecule has 1 heteroatoms. The van der Waals surface area contributed by atoms with Crippen molar-refractivity contribution in [2.24, 2.45) is 11.8 Å². The highest BCUT2D eigenvalue weighted by molar-refractivity contribution is 4.75. The minimum absolute atomic E-state index is 0.860. The van der Waals surface area contributed by atoms with Gasteiger partial charge in [0.15, 0.2) is 0 Å². The third-order valence-electron chi connectivity index (χ3n) is 2.32. The van der Waals surface area contributed by atoms with Crippen LogP contribution in [0.25, 0.3) is 0 Å². The first-order valence-electron chi connectivity index (χ1n) is 4.53. The second-order valence-electron chi connectivity index (χ2n) is 3.62. The Morgan fingerprint density at radius 2 is 2.20 bits per heavy atom. The molecule has 1 aliphatic rings. The van der Waals surface area contributed by atoms with Crippen molar-refractivity contribution in [3.63, 3.8) is 0 Å². The lowest BCUT2D eigenvalue weighted by molar-refractivity contribution is 0.491. The van der Waals surface area contributed by atoms with Crippen molar-refractivity contribution in [2.75, 3.05) is 13.1 Å². The lowest BCUT2D eigenvalue weighted by atomic mass is 10.1. The molecule has 0 amide bonds. The maximum absolute atomic E-state index is 3.50. The molecule has 1 N–H and O–H groups in total. The Labute approximate surface area is 64.2 Å². The monoisotopic (exact) mass is 141 g/mol. The fraction of sp³-hybridized carbons (Fsp3) is 1.00. The molecule has 1 unspecified atom stereocenters. The van der Waals surface area contributed by atoms with Gasteiger partial charge in [-0.05, 0) is 37.8 Å². The van der Waals surface area contributed by atoms with Crippen LogP contribution in [-0.4, -0.2) is 13.1 Å². The summed E-state index contributed by atoms with van der Waals surface area (Å²) < 4.78 is 0. The molecule has 1 nitrogen and oxygen atoms in total. The van der Waals surface area contributed by atoms with Gasteiger partial charge >= 0.3 is 0 Å². The molecule has 0 spiro atoms. The molecule has 0 bridgehead atoms. The van der Waals surface area contributed by atoms with Gasteiger partial charge in [-0.15, -0.1) is 0 Å². The van der Waals surface area contributed by atoms with Crippen LogP contribution in [0.2, 0.25) is 0 Å². The first-order valence-corrected chi connectivity index (χ1v) is 4.53. The third kappa shape index (κ3) is 3.21. The zero-order valence-corrected chi connectivity index (χ0v) is 7.19. The van der Waals surface area contributed by atoms with E-state index in [0.29, 0.717) is 0 Å². The van der Waals surface area contributed by atoms with Crippen molar-refractivity contribution in [3.05, 3.63) is 0 Å². The molecule has 1 fully saturated rings. The highest BCUT2D eigenvalue weighted by Crippen LogP contribution is 2.27. The van der Waals surface area contributed by atoms with Gasteiger partial charge in [0.1, 0.15) is 0 Å². The average molecular weight is 141 g/mol. The SMILES string of the molecule is CCC(C)CNCC1CC1. The van der Waals surface area contributed by atoms with Gasteiger partial charge in [-0.2, -0.15) is 0 Å². The Bertz CT molecular complexity index is 86.7. The van der Waals surface area contributed by atoms with Crippen molar-refractivity contribution in [3.8, 4) is 0 Å². The van der Waals surface area contributed by atoms with Gasteiger partial charge in [-0.3, -0.25) is 0 Å². The van der Waals surface area contributed by atoms with Gasteiger partial charge in [-0.1, -0.05) is 20.3 Å². The quantitative estimate of drug-likeness (QED) is 0.617. The number of rotatable bonds is 5. The molecule has 0 heterocycles. The van der Waals surface area contributed by atoms with Gasteiger partial charge in [0.25, 0.3) is 0 Å². The fourth-order valence-corrected chi connectivity index (χ4v) is 1.00. The molecule has 0 radical (unpaired) electrons. The van der Waals surface area contributed by atoms with Gasteiger partial charge < -0.3 is 5.32 Å². The summed E-state index contributed by atoms with van der Waals surface area (Å²) >= 11 is 0. The normalized spacial score (nSPS) is 21.0. The van der Waals surface area contributed by atoms with Crippen molar-refractivity contribution in [1.29, 1.82) is 0 Å². The van der Waals surface area contributed by atoms with E-state index in [1.54, 1.807) is 0 Å². The minimum Gasteiger partial charge on any atom is -0.316 e. The summed E-state index contributed by atoms with van der Waals surface area (Å²) in [4.78, 5) is 0. The second-order valence-corrected chi connectivity index (χ2v) is 3.62. The number of hydrogen-bond acceptors (Lipinski definition) is 1. The molecular weight excluding hydrogens is 122 g/mol. The molecule has 0 aromatic carbocycles. The maximum Gasteiger partial charge on any atom is -0.00204 e. The molecule has 1 saturated carbocycles. The zero-order chi connectivity index (χ0) is 7.40. The summed E-state index contributed by atoms with van der Waals surface area (Å²) in [5.74, 6) is 1.89. The molecule has 0 aromatic rings. The van der Waals surface area contributed by atoms with Crippen molar-refractivity contribution in [2.45, 2.75) is 33.1 Å². The minimum atomic E-state index is 0.860. The van der Waals surface area contributed by atoms with Crippen LogP contribution in [0.4, 0.5) is 0 Å². The largest absolute Gasteiger partial charge is 0.316 e. The standard InChI is InChI=1S/C9H19N/c1-3-8(2)6-10-7-9-4-5-9/h8-10H,3-7H2,1-2H3. The van der Waals surface area contributed by atoms with E-state index in [2.05, 4.69) is 19.2 Å². The maximum atomic E-state index is 3.50. The van der Waals surface area contributed by atoms with E-state index >= 15 is 0 Å². The first-order chi connectivity index (χ1) is 4.83. The van der Waals surface area contributed by atoms with Gasteiger partial charge in [0.05, 0.1) is 0 Å². The summed E-state index contributed by atoms with van der Waals surface area (Å²) in [6.45, 7) is 7.04. The lowest BCUT2D eigenvalue weighted by Crippen LogP contribution is -2.22. The van der Waals surface area contributed by atoms with Crippen LogP contribution in [0.15, 0.2) is 0 Å². The molecule has 0 saturated heterocycles. The van der Waals surface area contributed by atoms with Crippen LogP contribution in [0, 0.1) is 11.8 Å². The zero-order valence-electron chi connectivity index (χ0n) is 7.19. The lowest BCUT2D eigenvalue weighted by Gasteiger charge is -2.08. The average Bonchev–Trinajstić information content (AvgIpc) is 2.71. The highest BCUT2D eigenvalue weighted by atomic mass is 14.9. The predicted octanol–water partition coefficient (Wildman–Crippen LogP) is 2.03. The summed E-state index contributed by atoms with van der Waals surface area (Å²) in [6, 6.07) is 0. The molecule has 1 aliphatic carbocycles. The Morgan fingerprint density at radius 1 is 1.50 bits per heavy atom. The molecule has 60 valence electrons. The molecule has 10 heavy (non-hydrogen) atoms. The summed E-state index contributed by atoms with van der Waals surface area (Å²) in [5, 5.41) is 3.50. The Hall–Kier alpha value is -0.0400. The van der Waals surface area contributed by atoms with E-state index in [9.17, 15) is 0 Å². The Balaban J connectivity index is 1.83. The molecule has 1 rings (SSSR count). The Morgan fingerprint density at radius 3 is 2.70 bits per heavy atom. The van der Waals surface area contributed by atoms with Gasteiger partial charge in [-0.25, -0.2) is 0 Å². The van der Waals surface area contributed by atoms with Crippen molar-refractivity contribution < 1.29 is 0 Å². The van der Waals surface area contributed by atoms with Crippen molar-refractivity contribution >= 4 is 0 Å². The summed E-state index contributed by atoms with van der Waals surface area (Å²) in [7, 11) is 0. The van der Waals surface area contributed by atoms with Gasteiger partial charge in [0, 0.05) is 0 Å². The molecule has 0 aromatic heterocycles. The van der Waals surface area contributed by atoms with Crippen LogP contribution in [0.3, 0.4) is 0 Å². The van der Waals surface area contributed by atoms with E-state index in [4.69, 9.17) is 0 Å². The van der Waals surface area contributed by atoms with E-state index in [-0.39, 0.29) is 0 Å². The highest BCUT2D eigenvalue weighted by Gasteiger charge is 2.20. The third-order valence-corrected chi connectivity index (χ3v) is 2.32. The van der Waals surface area contributed by atoms with Crippen LogP contribution in [0.1, 0.15) is 33.1 Å². The predicted molar refractivity (Wildman–Crippen MR) is 45.0 cm³/mol. The number of nitrogens with one attached hydrogen (secondary N) is 1. The number of hydrogen-bond donors (Lipinski definition) is 1. The molecule has 1 atom stereocenters. The molecule has 0 aliphatic heterocycles. The van der Waals surface area contributed by atoms with E-state index in [0.717, 1.165) is 11.8 Å². The smallest absolute Gasteiger partial charge is 0.00204 e. The Kier molecular flexibility index (Phi) is 3.20. The van der Waals surface area contributed by atoms with Crippen molar-refractivity contribution in [1.82, 2.24) is 5.32 Å². The second kappa shape index (κ2) is 3.97. The fourth-order valence-electron chi connectivity index (χ4n) is 1.00. The van der Waals surface area contributed by atoms with E-state index in [1.807, 2.05) is 0 Å². The van der Waals surface area contributed by atoms with Crippen LogP contribution >= 0.6 is 0 Å². The van der Waals surface area contributed by atoms with E-state index in [1.165, 1.54) is 32.4 Å². The van der Waals surface area contributed by atoms with Crippen LogP contribution < -0.4 is 5.32 Å². The van der Waals surface area contributed by atoms with Gasteiger partial charge in [0.2, 0.25) is 0 Å². The summed E-state index contributed by atoms with van der Waals surface area (Å²) in [6.07, 6.45) is 4.23. The molecular formula is C9H19N. The topological polar surface area (TPSA) is 12.0 Å². The van der Waals surface area contributed by atoms with Crippen LogP contribution in [-0.2, 0) is 0 Å².